The van der Waals surface area contributed by atoms with Crippen molar-refractivity contribution < 1.29 is 60.3 Å². The second kappa shape index (κ2) is 18.0. The number of pyridine rings is 1. The molecular formula is C34H36Cl2F2N2O11S. The van der Waals surface area contributed by atoms with Crippen molar-refractivity contribution in [2.75, 3.05) is 31.2 Å². The van der Waals surface area contributed by atoms with Gasteiger partial charge in [0, 0.05) is 18.8 Å². The third-order valence-corrected chi connectivity index (χ3v) is 8.58. The monoisotopic (exact) mass is 788 g/mol. The summed E-state index contributed by atoms with van der Waals surface area (Å²) in [5, 5.41) is 0.338. The first-order valence-electron chi connectivity index (χ1n) is 15.7. The van der Waals surface area contributed by atoms with Gasteiger partial charge >= 0.3 is 24.5 Å². The number of hydrogen-bond donors (Lipinski definition) is 1. The molecule has 3 aromatic rings. The lowest BCUT2D eigenvalue weighted by Gasteiger charge is -2.25. The van der Waals surface area contributed by atoms with Crippen LogP contribution in [-0.4, -0.2) is 70.7 Å². The first-order valence-corrected chi connectivity index (χ1v) is 17.5. The van der Waals surface area contributed by atoms with E-state index in [0.29, 0.717) is 11.1 Å². The summed E-state index contributed by atoms with van der Waals surface area (Å²) < 4.78 is 81.1. The number of nitrogens with zero attached hydrogens (tertiary/aromatic N) is 2. The minimum Gasteiger partial charge on any atom is -0.495 e. The quantitative estimate of drug-likeness (QED) is 0.0872. The normalized spacial score (nSPS) is 13.9. The highest BCUT2D eigenvalue weighted by atomic mass is 35.5. The summed E-state index contributed by atoms with van der Waals surface area (Å²) >= 11 is 9.94. The average molecular weight is 790 g/mol. The van der Waals surface area contributed by atoms with E-state index in [4.69, 9.17) is 46.9 Å². The van der Waals surface area contributed by atoms with Gasteiger partial charge in [-0.1, -0.05) is 29.3 Å². The van der Waals surface area contributed by atoms with Crippen LogP contribution >= 0.6 is 23.2 Å². The standard InChI is InChI=1S/C34H36Cl2F2N2O11S/c1-34(2,3)51-30(41)16-40(52(44)45)25-11-21(8-9-26(25)46-4)32(43)48-18-31(42)49-28(13-22-23(35)14-39-15-24(22)36)20-7-10-27(50-33(37)38)29(12-20)47-17-19-5-6-19/h7-12,14-15,19,28,33H,5-6,13,16-18H2,1-4H3,(H,44,45)/t28-/m0/s1. The van der Waals surface area contributed by atoms with E-state index < -0.39 is 60.6 Å². The first kappa shape index (κ1) is 40.5. The summed E-state index contributed by atoms with van der Waals surface area (Å²) in [4.78, 5) is 42.6. The Kier molecular flexibility index (Phi) is 14.0. The molecule has 2 aromatic carbocycles. The van der Waals surface area contributed by atoms with Crippen molar-refractivity contribution in [2.45, 2.75) is 58.4 Å². The molecule has 52 heavy (non-hydrogen) atoms. The van der Waals surface area contributed by atoms with E-state index in [9.17, 15) is 31.9 Å². The number of aromatic nitrogens is 1. The number of halogens is 4. The second-order valence-corrected chi connectivity index (χ2v) is 14.1. The fraction of sp³-hybridized carbons (Fsp3) is 0.412. The minimum absolute atomic E-state index is 0.00364. The Morgan fingerprint density at radius 3 is 2.29 bits per heavy atom. The molecule has 1 fully saturated rings. The third kappa shape index (κ3) is 11.9. The van der Waals surface area contributed by atoms with Gasteiger partial charge in [-0.25, -0.2) is 13.8 Å². The molecule has 2 atom stereocenters. The van der Waals surface area contributed by atoms with Gasteiger partial charge in [0.25, 0.3) is 11.3 Å². The molecular weight excluding hydrogens is 753 g/mol. The molecule has 0 saturated heterocycles. The molecule has 1 aliphatic carbocycles. The van der Waals surface area contributed by atoms with E-state index in [-0.39, 0.29) is 57.5 Å². The molecule has 1 heterocycles. The Bertz CT molecular complexity index is 1770. The lowest BCUT2D eigenvalue weighted by atomic mass is 10.0. The lowest BCUT2D eigenvalue weighted by Crippen LogP contribution is -2.36. The molecule has 0 amide bonds. The van der Waals surface area contributed by atoms with Crippen molar-refractivity contribution in [2.24, 2.45) is 5.92 Å². The van der Waals surface area contributed by atoms with Crippen molar-refractivity contribution in [3.05, 3.63) is 75.5 Å². The number of ether oxygens (including phenoxy) is 6. The number of anilines is 1. The molecule has 18 heteroatoms. The van der Waals surface area contributed by atoms with E-state index >= 15 is 0 Å². The molecule has 1 aromatic heterocycles. The summed E-state index contributed by atoms with van der Waals surface area (Å²) in [5.41, 5.74) is -0.487. The zero-order chi connectivity index (χ0) is 38.2. The van der Waals surface area contributed by atoms with Crippen LogP contribution in [0.2, 0.25) is 10.0 Å². The summed E-state index contributed by atoms with van der Waals surface area (Å²) in [7, 11) is 1.28. The molecule has 1 saturated carbocycles. The van der Waals surface area contributed by atoms with Crippen LogP contribution in [0.4, 0.5) is 14.5 Å². The van der Waals surface area contributed by atoms with E-state index in [1.54, 1.807) is 20.8 Å². The van der Waals surface area contributed by atoms with Gasteiger partial charge in [0.15, 0.2) is 18.1 Å². The zero-order valence-corrected chi connectivity index (χ0v) is 30.8. The number of carbonyl (C=O) groups excluding carboxylic acids is 3. The maximum atomic E-state index is 13.2. The van der Waals surface area contributed by atoms with Crippen LogP contribution in [0.3, 0.4) is 0 Å². The fourth-order valence-electron chi connectivity index (χ4n) is 4.70. The van der Waals surface area contributed by atoms with Gasteiger partial charge in [-0.2, -0.15) is 8.78 Å². The summed E-state index contributed by atoms with van der Waals surface area (Å²) in [6, 6.07) is 7.80. The Balaban J connectivity index is 1.54. The topological polar surface area (TPSA) is 160 Å². The number of carbonyl (C=O) groups is 3. The smallest absolute Gasteiger partial charge is 0.387 e. The second-order valence-electron chi connectivity index (χ2n) is 12.4. The Labute approximate surface area is 310 Å². The summed E-state index contributed by atoms with van der Waals surface area (Å²) in [6.45, 7) is 0.474. The van der Waals surface area contributed by atoms with Crippen molar-refractivity contribution in [1.29, 1.82) is 0 Å². The Morgan fingerprint density at radius 1 is 1.02 bits per heavy atom. The molecule has 0 bridgehead atoms. The van der Waals surface area contributed by atoms with Gasteiger partial charge in [0.2, 0.25) is 0 Å². The predicted molar refractivity (Wildman–Crippen MR) is 185 cm³/mol. The van der Waals surface area contributed by atoms with Gasteiger partial charge < -0.3 is 28.4 Å². The van der Waals surface area contributed by atoms with Crippen LogP contribution in [0.15, 0.2) is 48.8 Å². The van der Waals surface area contributed by atoms with Crippen molar-refractivity contribution in [3.8, 4) is 17.2 Å². The van der Waals surface area contributed by atoms with E-state index in [0.717, 1.165) is 23.2 Å². The molecule has 4 rings (SSSR count). The number of rotatable bonds is 17. The van der Waals surface area contributed by atoms with Crippen molar-refractivity contribution in [1.82, 2.24) is 4.98 Å². The number of benzene rings is 2. The average Bonchev–Trinajstić information content (AvgIpc) is 3.90. The SMILES string of the molecule is COc1ccc(C(=O)OCC(=O)O[C@@H](Cc2c(Cl)cncc2Cl)c2ccc(OC(F)F)c(OCC3CC3)c2)cc1N(CC(=O)OC(C)(C)C)S(=O)O. The number of alkyl halides is 2. The maximum Gasteiger partial charge on any atom is 0.387 e. The molecule has 1 N–H and O–H groups in total. The molecule has 0 spiro atoms. The number of esters is 3. The first-order chi connectivity index (χ1) is 24.5. The molecule has 1 unspecified atom stereocenters. The van der Waals surface area contributed by atoms with E-state index in [1.807, 2.05) is 0 Å². The fourth-order valence-corrected chi connectivity index (χ4v) is 5.74. The Hall–Kier alpha value is -4.25. The molecule has 282 valence electrons. The van der Waals surface area contributed by atoms with Gasteiger partial charge in [-0.05, 0) is 81.0 Å². The maximum absolute atomic E-state index is 13.2. The van der Waals surface area contributed by atoms with Crippen molar-refractivity contribution in [3.63, 3.8) is 0 Å². The zero-order valence-electron chi connectivity index (χ0n) is 28.4. The number of hydrogen-bond acceptors (Lipinski definition) is 11. The van der Waals surface area contributed by atoms with Crippen LogP contribution < -0.4 is 18.5 Å². The van der Waals surface area contributed by atoms with Gasteiger partial charge in [0.1, 0.15) is 24.0 Å². The third-order valence-electron chi connectivity index (χ3n) is 7.23. The van der Waals surface area contributed by atoms with Gasteiger partial charge in [0.05, 0.1) is 35.0 Å². The minimum atomic E-state index is -3.12. The van der Waals surface area contributed by atoms with Gasteiger partial charge in [-0.15, -0.1) is 0 Å². The van der Waals surface area contributed by atoms with E-state index in [2.05, 4.69) is 9.72 Å². The lowest BCUT2D eigenvalue weighted by molar-refractivity contribution is -0.153. The highest BCUT2D eigenvalue weighted by Gasteiger charge is 2.28. The molecule has 0 radical (unpaired) electrons. The predicted octanol–water partition coefficient (Wildman–Crippen LogP) is 6.76. The Morgan fingerprint density at radius 2 is 1.69 bits per heavy atom. The molecule has 0 aliphatic heterocycles. The highest BCUT2D eigenvalue weighted by Crippen LogP contribution is 2.38. The summed E-state index contributed by atoms with van der Waals surface area (Å²) in [6.07, 6.45) is 3.33. The number of methoxy groups -OCH3 is 1. The largest absolute Gasteiger partial charge is 0.495 e. The van der Waals surface area contributed by atoms with Gasteiger partial charge in [-0.3, -0.25) is 18.6 Å². The van der Waals surface area contributed by atoms with Crippen LogP contribution in [0.25, 0.3) is 0 Å². The van der Waals surface area contributed by atoms with Crippen molar-refractivity contribution >= 4 is 58.1 Å². The van der Waals surface area contributed by atoms with Crippen LogP contribution in [0.5, 0.6) is 17.2 Å². The summed E-state index contributed by atoms with van der Waals surface area (Å²) in [5.74, 6) is -2.75. The van der Waals surface area contributed by atoms with E-state index in [1.165, 1.54) is 49.8 Å². The van der Waals surface area contributed by atoms with Crippen LogP contribution in [0.1, 0.15) is 61.2 Å². The highest BCUT2D eigenvalue weighted by molar-refractivity contribution is 7.80. The van der Waals surface area contributed by atoms with Crippen LogP contribution in [-0.2, 0) is 41.5 Å². The van der Waals surface area contributed by atoms with Crippen LogP contribution in [0, 0.1) is 5.92 Å². The molecule has 1 aliphatic rings. The molecule has 13 nitrogen and oxygen atoms in total.